The van der Waals surface area contributed by atoms with Crippen molar-refractivity contribution in [2.24, 2.45) is 0 Å². The fourth-order valence-corrected chi connectivity index (χ4v) is 3.49. The number of H-pyrrole nitrogens is 1. The molecule has 0 aliphatic heterocycles. The highest BCUT2D eigenvalue weighted by molar-refractivity contribution is 7.98. The summed E-state index contributed by atoms with van der Waals surface area (Å²) in [4.78, 5) is 11.1. The Morgan fingerprint density at radius 3 is 3.04 bits per heavy atom. The van der Waals surface area contributed by atoms with E-state index in [4.69, 9.17) is 0 Å². The molecule has 4 aromatic rings. The Morgan fingerprint density at radius 2 is 2.25 bits per heavy atom. The highest BCUT2D eigenvalue weighted by Crippen LogP contribution is 2.38. The van der Waals surface area contributed by atoms with Gasteiger partial charge in [-0.1, -0.05) is 0 Å². The molecule has 120 valence electrons. The second kappa shape index (κ2) is 5.64. The lowest BCUT2D eigenvalue weighted by molar-refractivity contribution is -0.105. The highest BCUT2D eigenvalue weighted by atomic mass is 32.2. The number of anilines is 1. The maximum absolute atomic E-state index is 14.4. The fourth-order valence-electron chi connectivity index (χ4n) is 2.81. The third-order valence-electron chi connectivity index (χ3n) is 3.82. The summed E-state index contributed by atoms with van der Waals surface area (Å²) in [7, 11) is 0. The van der Waals surface area contributed by atoms with E-state index in [0.717, 1.165) is 22.0 Å². The van der Waals surface area contributed by atoms with Gasteiger partial charge in [-0.3, -0.25) is 9.89 Å². The zero-order chi connectivity index (χ0) is 16.7. The van der Waals surface area contributed by atoms with E-state index in [-0.39, 0.29) is 5.82 Å². The maximum Gasteiger partial charge on any atom is 0.212 e. The van der Waals surface area contributed by atoms with Gasteiger partial charge >= 0.3 is 0 Å². The number of fused-ring (bicyclic) bond motifs is 2. The summed E-state index contributed by atoms with van der Waals surface area (Å²) in [6, 6.07) is 6.99. The van der Waals surface area contributed by atoms with Gasteiger partial charge < -0.3 is 5.32 Å². The molecule has 4 rings (SSSR count). The van der Waals surface area contributed by atoms with Crippen LogP contribution >= 0.6 is 11.8 Å². The second-order valence-electron chi connectivity index (χ2n) is 5.17. The summed E-state index contributed by atoms with van der Waals surface area (Å²) in [5.74, 6) is 0.172. The van der Waals surface area contributed by atoms with E-state index in [1.165, 1.54) is 17.8 Å². The molecule has 8 heteroatoms. The third-order valence-corrected chi connectivity index (χ3v) is 4.62. The predicted molar refractivity (Wildman–Crippen MR) is 91.7 cm³/mol. The van der Waals surface area contributed by atoms with Crippen molar-refractivity contribution in [2.45, 2.75) is 4.90 Å². The first-order valence-corrected chi connectivity index (χ1v) is 8.33. The number of carbonyl (C=O) groups is 1. The van der Waals surface area contributed by atoms with Crippen molar-refractivity contribution in [1.82, 2.24) is 19.8 Å². The van der Waals surface area contributed by atoms with Gasteiger partial charge in [-0.05, 0) is 24.0 Å². The molecule has 0 saturated carbocycles. The largest absolute Gasteiger partial charge is 0.312 e. The van der Waals surface area contributed by atoms with E-state index in [1.807, 2.05) is 18.4 Å². The van der Waals surface area contributed by atoms with E-state index < -0.39 is 0 Å². The SMILES string of the molecule is CSc1c(F)cc2[nH]ncc2c1-c1ccn2nc(NC=O)cc2c1. The molecule has 3 heterocycles. The molecule has 0 bridgehead atoms. The van der Waals surface area contributed by atoms with E-state index in [9.17, 15) is 9.18 Å². The molecule has 3 aromatic heterocycles. The van der Waals surface area contributed by atoms with Crippen molar-refractivity contribution in [3.63, 3.8) is 0 Å². The van der Waals surface area contributed by atoms with Gasteiger partial charge in [0.15, 0.2) is 5.82 Å². The van der Waals surface area contributed by atoms with Crippen LogP contribution < -0.4 is 5.32 Å². The minimum absolute atomic E-state index is 0.286. The number of thioether (sulfide) groups is 1. The van der Waals surface area contributed by atoms with Crippen molar-refractivity contribution in [1.29, 1.82) is 0 Å². The molecule has 1 aromatic carbocycles. The van der Waals surface area contributed by atoms with Crippen LogP contribution in [-0.2, 0) is 4.79 Å². The molecular weight excluding hydrogens is 329 g/mol. The smallest absolute Gasteiger partial charge is 0.212 e. The van der Waals surface area contributed by atoms with Gasteiger partial charge in [-0.25, -0.2) is 8.91 Å². The molecule has 1 amide bonds. The van der Waals surface area contributed by atoms with Crippen molar-refractivity contribution >= 4 is 40.4 Å². The molecule has 0 spiro atoms. The van der Waals surface area contributed by atoms with Gasteiger partial charge in [0.05, 0.1) is 22.1 Å². The topological polar surface area (TPSA) is 75.1 Å². The first-order valence-electron chi connectivity index (χ1n) is 7.11. The van der Waals surface area contributed by atoms with Crippen molar-refractivity contribution in [2.75, 3.05) is 11.6 Å². The summed E-state index contributed by atoms with van der Waals surface area (Å²) >= 11 is 1.36. The Morgan fingerprint density at radius 1 is 1.38 bits per heavy atom. The molecule has 0 radical (unpaired) electrons. The molecule has 2 N–H and O–H groups in total. The van der Waals surface area contributed by atoms with Crippen LogP contribution in [0, 0.1) is 5.82 Å². The van der Waals surface area contributed by atoms with Crippen LogP contribution in [0.2, 0.25) is 0 Å². The van der Waals surface area contributed by atoms with E-state index >= 15 is 0 Å². The summed E-state index contributed by atoms with van der Waals surface area (Å²) in [6.45, 7) is 0. The second-order valence-corrected chi connectivity index (χ2v) is 5.99. The maximum atomic E-state index is 14.4. The van der Waals surface area contributed by atoms with Crippen LogP contribution in [0.15, 0.2) is 41.6 Å². The average molecular weight is 341 g/mol. The molecule has 0 unspecified atom stereocenters. The lowest BCUT2D eigenvalue weighted by Gasteiger charge is -2.11. The molecular formula is C16H12FN5OS. The van der Waals surface area contributed by atoms with Crippen LogP contribution in [0.3, 0.4) is 0 Å². The van der Waals surface area contributed by atoms with Gasteiger partial charge in [0.25, 0.3) is 0 Å². The number of amides is 1. The number of pyridine rings is 1. The van der Waals surface area contributed by atoms with E-state index in [0.29, 0.717) is 22.6 Å². The summed E-state index contributed by atoms with van der Waals surface area (Å²) in [6.07, 6.45) is 5.90. The van der Waals surface area contributed by atoms with Gasteiger partial charge in [0.2, 0.25) is 6.41 Å². The lowest BCUT2D eigenvalue weighted by atomic mass is 10.0. The van der Waals surface area contributed by atoms with Crippen molar-refractivity contribution in [3.05, 3.63) is 42.5 Å². The zero-order valence-corrected chi connectivity index (χ0v) is 13.4. The van der Waals surface area contributed by atoms with Crippen LogP contribution in [0.25, 0.3) is 27.5 Å². The Kier molecular flexibility index (Phi) is 3.46. The monoisotopic (exact) mass is 341 g/mol. The van der Waals surface area contributed by atoms with Gasteiger partial charge in [0, 0.05) is 29.3 Å². The minimum Gasteiger partial charge on any atom is -0.312 e. The van der Waals surface area contributed by atoms with Gasteiger partial charge in [-0.15, -0.1) is 11.8 Å². The Bertz CT molecular complexity index is 1070. The van der Waals surface area contributed by atoms with Crippen molar-refractivity contribution in [3.8, 4) is 11.1 Å². The quantitative estimate of drug-likeness (QED) is 0.441. The number of nitrogens with zero attached hydrogens (tertiary/aromatic N) is 3. The number of halogens is 1. The number of aromatic nitrogens is 4. The number of nitrogens with one attached hydrogen (secondary N) is 2. The van der Waals surface area contributed by atoms with Crippen LogP contribution in [0.1, 0.15) is 0 Å². The molecule has 0 saturated heterocycles. The number of aromatic amines is 1. The Hall–Kier alpha value is -2.87. The van der Waals surface area contributed by atoms with Gasteiger partial charge in [0.1, 0.15) is 5.82 Å². The average Bonchev–Trinajstić information content (AvgIpc) is 3.18. The predicted octanol–water partition coefficient (Wildman–Crippen LogP) is 3.31. The Balaban J connectivity index is 1.98. The standard InChI is InChI=1S/C16H12FN5OS/c1-24-16-12(17)6-13-11(7-19-20-13)15(16)9-2-3-22-10(4-9)5-14(21-22)18-8-23/h2-8H,1H3,(H,19,20)(H,18,21,23). The molecule has 0 aliphatic carbocycles. The van der Waals surface area contributed by atoms with E-state index in [1.54, 1.807) is 23.0 Å². The molecule has 0 atom stereocenters. The molecule has 6 nitrogen and oxygen atoms in total. The summed E-state index contributed by atoms with van der Waals surface area (Å²) < 4.78 is 16.1. The summed E-state index contributed by atoms with van der Waals surface area (Å²) in [5, 5.41) is 14.4. The minimum atomic E-state index is -0.286. The number of hydrogen-bond acceptors (Lipinski definition) is 4. The zero-order valence-electron chi connectivity index (χ0n) is 12.6. The number of rotatable bonds is 4. The van der Waals surface area contributed by atoms with E-state index in [2.05, 4.69) is 20.6 Å². The normalized spacial score (nSPS) is 11.2. The van der Waals surface area contributed by atoms with Crippen LogP contribution in [0.5, 0.6) is 0 Å². The van der Waals surface area contributed by atoms with Crippen LogP contribution in [-0.4, -0.2) is 32.5 Å². The van der Waals surface area contributed by atoms with Crippen LogP contribution in [0.4, 0.5) is 10.2 Å². The fraction of sp³-hybridized carbons (Fsp3) is 0.0625. The summed E-state index contributed by atoms with van der Waals surface area (Å²) in [5.41, 5.74) is 3.09. The number of benzene rings is 1. The lowest BCUT2D eigenvalue weighted by Crippen LogP contribution is -1.94. The number of hydrogen-bond donors (Lipinski definition) is 2. The number of carbonyl (C=O) groups excluding carboxylic acids is 1. The first kappa shape index (κ1) is 14.7. The Labute approximate surface area is 140 Å². The third kappa shape index (κ3) is 2.23. The van der Waals surface area contributed by atoms with Gasteiger partial charge in [-0.2, -0.15) is 10.2 Å². The highest BCUT2D eigenvalue weighted by Gasteiger charge is 2.16. The first-order chi connectivity index (χ1) is 11.7. The molecule has 0 fully saturated rings. The van der Waals surface area contributed by atoms with Crippen molar-refractivity contribution < 1.29 is 9.18 Å². The molecule has 0 aliphatic rings. The molecule has 24 heavy (non-hydrogen) atoms.